The zero-order valence-corrected chi connectivity index (χ0v) is 12.1. The van der Waals surface area contributed by atoms with Gasteiger partial charge in [0.05, 0.1) is 12.0 Å². The lowest BCUT2D eigenvalue weighted by molar-refractivity contribution is 0.0690. The highest BCUT2D eigenvalue weighted by Crippen LogP contribution is 2.34. The lowest BCUT2D eigenvalue weighted by Gasteiger charge is -2.43. The molecular weight excluding hydrogens is 220 g/mol. The summed E-state index contributed by atoms with van der Waals surface area (Å²) >= 11 is 0. The molecule has 0 N–H and O–H groups in total. The summed E-state index contributed by atoms with van der Waals surface area (Å²) in [5, 5.41) is 9.34. The number of nitriles is 1. The van der Waals surface area contributed by atoms with E-state index >= 15 is 0 Å². The predicted octanol–water partition coefficient (Wildman–Crippen LogP) is 3.83. The quantitative estimate of drug-likeness (QED) is 0.759. The van der Waals surface area contributed by atoms with Crippen LogP contribution in [-0.4, -0.2) is 24.0 Å². The number of rotatable bonds is 3. The fraction of sp³-hybridized carbons (Fsp3) is 0.938. The molecule has 3 atom stereocenters. The van der Waals surface area contributed by atoms with Gasteiger partial charge in [0.2, 0.25) is 0 Å². The minimum absolute atomic E-state index is 0.295. The molecule has 2 nitrogen and oxygen atoms in total. The highest BCUT2D eigenvalue weighted by Gasteiger charge is 2.34. The van der Waals surface area contributed by atoms with Gasteiger partial charge in [-0.3, -0.25) is 4.90 Å². The molecule has 2 fully saturated rings. The van der Waals surface area contributed by atoms with Crippen molar-refractivity contribution in [2.24, 2.45) is 17.8 Å². The van der Waals surface area contributed by atoms with Crippen LogP contribution in [0.15, 0.2) is 0 Å². The van der Waals surface area contributed by atoms with Crippen LogP contribution in [0.4, 0.5) is 0 Å². The zero-order chi connectivity index (χ0) is 13.0. The van der Waals surface area contributed by atoms with Gasteiger partial charge < -0.3 is 0 Å². The standard InChI is InChI=1S/C16H28N2/c1-3-4-14-7-9-18(10-8-14)16-11-13(2)5-6-15(16)12-17/h13-16H,3-11H2,1-2H3. The first-order chi connectivity index (χ1) is 8.74. The maximum atomic E-state index is 9.34. The van der Waals surface area contributed by atoms with Crippen molar-refractivity contribution in [2.45, 2.75) is 64.8 Å². The van der Waals surface area contributed by atoms with Gasteiger partial charge in [0, 0.05) is 6.04 Å². The first kappa shape index (κ1) is 13.9. The Balaban J connectivity index is 1.89. The molecule has 0 aromatic heterocycles. The summed E-state index contributed by atoms with van der Waals surface area (Å²) in [5.74, 6) is 2.06. The van der Waals surface area contributed by atoms with Crippen LogP contribution in [0, 0.1) is 29.1 Å². The van der Waals surface area contributed by atoms with Gasteiger partial charge in [0.15, 0.2) is 0 Å². The van der Waals surface area contributed by atoms with Crippen molar-refractivity contribution in [1.29, 1.82) is 5.26 Å². The molecule has 0 spiro atoms. The topological polar surface area (TPSA) is 27.0 Å². The van der Waals surface area contributed by atoms with Crippen LogP contribution < -0.4 is 0 Å². The molecule has 0 amide bonds. The Bertz CT molecular complexity index is 286. The van der Waals surface area contributed by atoms with Crippen LogP contribution >= 0.6 is 0 Å². The van der Waals surface area contributed by atoms with E-state index in [1.165, 1.54) is 51.6 Å². The highest BCUT2D eigenvalue weighted by molar-refractivity contribution is 4.97. The van der Waals surface area contributed by atoms with Gasteiger partial charge in [-0.15, -0.1) is 0 Å². The number of hydrogen-bond donors (Lipinski definition) is 0. The minimum Gasteiger partial charge on any atom is -0.299 e. The predicted molar refractivity (Wildman–Crippen MR) is 75.1 cm³/mol. The molecule has 0 aromatic carbocycles. The summed E-state index contributed by atoms with van der Waals surface area (Å²) in [6.07, 6.45) is 9.06. The molecule has 1 saturated carbocycles. The second kappa shape index (κ2) is 6.57. The van der Waals surface area contributed by atoms with Gasteiger partial charge in [-0.2, -0.15) is 5.26 Å². The molecule has 3 unspecified atom stereocenters. The van der Waals surface area contributed by atoms with Gasteiger partial charge in [-0.05, 0) is 57.0 Å². The Kier molecular flexibility index (Phi) is 5.06. The van der Waals surface area contributed by atoms with Gasteiger partial charge in [0.1, 0.15) is 0 Å². The van der Waals surface area contributed by atoms with Gasteiger partial charge in [-0.25, -0.2) is 0 Å². The molecule has 18 heavy (non-hydrogen) atoms. The van der Waals surface area contributed by atoms with Crippen LogP contribution in [0.1, 0.15) is 58.8 Å². The fourth-order valence-corrected chi connectivity index (χ4v) is 3.89. The van der Waals surface area contributed by atoms with Crippen molar-refractivity contribution in [3.05, 3.63) is 0 Å². The van der Waals surface area contributed by atoms with Crippen LogP contribution in [0.2, 0.25) is 0 Å². The smallest absolute Gasteiger partial charge is 0.0672 e. The third kappa shape index (κ3) is 3.26. The van der Waals surface area contributed by atoms with Crippen LogP contribution in [0.25, 0.3) is 0 Å². The van der Waals surface area contributed by atoms with Gasteiger partial charge in [0.25, 0.3) is 0 Å². The molecule has 0 aromatic rings. The van der Waals surface area contributed by atoms with E-state index in [9.17, 15) is 5.26 Å². The van der Waals surface area contributed by atoms with Crippen molar-refractivity contribution < 1.29 is 0 Å². The van der Waals surface area contributed by atoms with E-state index in [-0.39, 0.29) is 0 Å². The highest BCUT2D eigenvalue weighted by atomic mass is 15.2. The van der Waals surface area contributed by atoms with E-state index < -0.39 is 0 Å². The van der Waals surface area contributed by atoms with Crippen molar-refractivity contribution in [3.63, 3.8) is 0 Å². The SMILES string of the molecule is CCCC1CCN(C2CC(C)CCC2C#N)CC1. The maximum absolute atomic E-state index is 9.34. The van der Waals surface area contributed by atoms with Crippen LogP contribution in [-0.2, 0) is 0 Å². The van der Waals surface area contributed by atoms with Crippen molar-refractivity contribution in [1.82, 2.24) is 4.90 Å². The Morgan fingerprint density at radius 3 is 2.50 bits per heavy atom. The van der Waals surface area contributed by atoms with Crippen LogP contribution in [0.3, 0.4) is 0 Å². The monoisotopic (exact) mass is 248 g/mol. The van der Waals surface area contributed by atoms with E-state index in [1.807, 2.05) is 0 Å². The van der Waals surface area contributed by atoms with Gasteiger partial charge in [-0.1, -0.05) is 26.7 Å². The average molecular weight is 248 g/mol. The molecule has 1 saturated heterocycles. The lowest BCUT2D eigenvalue weighted by atomic mass is 9.78. The number of nitrogens with zero attached hydrogens (tertiary/aromatic N) is 2. The molecule has 102 valence electrons. The molecule has 0 radical (unpaired) electrons. The summed E-state index contributed by atoms with van der Waals surface area (Å²) in [7, 11) is 0. The van der Waals surface area contributed by atoms with Crippen molar-refractivity contribution in [3.8, 4) is 6.07 Å². The number of likely N-dealkylation sites (tertiary alicyclic amines) is 1. The van der Waals surface area contributed by atoms with Crippen molar-refractivity contribution in [2.75, 3.05) is 13.1 Å². The summed E-state index contributed by atoms with van der Waals surface area (Å²) in [6, 6.07) is 3.12. The number of hydrogen-bond acceptors (Lipinski definition) is 2. The van der Waals surface area contributed by atoms with Crippen LogP contribution in [0.5, 0.6) is 0 Å². The Morgan fingerprint density at radius 1 is 1.17 bits per heavy atom. The van der Waals surface area contributed by atoms with E-state index in [4.69, 9.17) is 0 Å². The van der Waals surface area contributed by atoms with E-state index in [0.29, 0.717) is 12.0 Å². The minimum atomic E-state index is 0.295. The first-order valence-corrected chi connectivity index (χ1v) is 7.88. The molecule has 0 bridgehead atoms. The molecule has 1 aliphatic heterocycles. The van der Waals surface area contributed by atoms with E-state index in [0.717, 1.165) is 18.3 Å². The lowest BCUT2D eigenvalue weighted by Crippen LogP contribution is -2.47. The van der Waals surface area contributed by atoms with Gasteiger partial charge >= 0.3 is 0 Å². The zero-order valence-electron chi connectivity index (χ0n) is 12.1. The molecule has 2 aliphatic rings. The van der Waals surface area contributed by atoms with E-state index in [1.54, 1.807) is 0 Å². The third-order valence-electron chi connectivity index (χ3n) is 5.06. The molecular formula is C16H28N2. The summed E-state index contributed by atoms with van der Waals surface area (Å²) in [6.45, 7) is 7.12. The van der Waals surface area contributed by atoms with E-state index in [2.05, 4.69) is 24.8 Å². The first-order valence-electron chi connectivity index (χ1n) is 7.88. The summed E-state index contributed by atoms with van der Waals surface area (Å²) < 4.78 is 0. The summed E-state index contributed by atoms with van der Waals surface area (Å²) in [4.78, 5) is 2.63. The molecule has 2 heteroatoms. The summed E-state index contributed by atoms with van der Waals surface area (Å²) in [5.41, 5.74) is 0. The molecule has 2 rings (SSSR count). The Labute approximate surface area is 112 Å². The number of piperidine rings is 1. The second-order valence-electron chi connectivity index (χ2n) is 6.49. The maximum Gasteiger partial charge on any atom is 0.0672 e. The molecule has 1 heterocycles. The third-order valence-corrected chi connectivity index (χ3v) is 5.06. The second-order valence-corrected chi connectivity index (χ2v) is 6.49. The molecule has 1 aliphatic carbocycles. The fourth-order valence-electron chi connectivity index (χ4n) is 3.89. The Hall–Kier alpha value is -0.550. The van der Waals surface area contributed by atoms with Crippen molar-refractivity contribution >= 4 is 0 Å². The Morgan fingerprint density at radius 2 is 1.89 bits per heavy atom. The normalized spacial score (nSPS) is 35.3. The average Bonchev–Trinajstić information content (AvgIpc) is 2.40. The largest absolute Gasteiger partial charge is 0.299 e.